The maximum Gasteiger partial charge on any atom is 0.107 e. The van der Waals surface area contributed by atoms with Crippen LogP contribution in [-0.2, 0) is 0 Å². The molecule has 0 aliphatic heterocycles. The number of nitrogens with two attached hydrogens (primary N) is 1. The van der Waals surface area contributed by atoms with Crippen molar-refractivity contribution >= 4 is 34.5 Å². The third kappa shape index (κ3) is 2.15. The van der Waals surface area contributed by atoms with Crippen molar-refractivity contribution in [1.82, 2.24) is 0 Å². The molecule has 16 heavy (non-hydrogen) atoms. The predicted octanol–water partition coefficient (Wildman–Crippen LogP) is 3.18. The molecular formula is C12H15ClN2S. The van der Waals surface area contributed by atoms with Gasteiger partial charge in [-0.3, -0.25) is 0 Å². The quantitative estimate of drug-likeness (QED) is 0.814. The van der Waals surface area contributed by atoms with Gasteiger partial charge in [-0.25, -0.2) is 0 Å². The fourth-order valence-corrected chi connectivity index (χ4v) is 2.35. The van der Waals surface area contributed by atoms with Gasteiger partial charge in [-0.2, -0.15) is 0 Å². The van der Waals surface area contributed by atoms with E-state index in [1.54, 1.807) is 6.07 Å². The minimum absolute atomic E-state index is 0.339. The van der Waals surface area contributed by atoms with E-state index in [0.29, 0.717) is 21.5 Å². The molecule has 0 radical (unpaired) electrons. The molecule has 4 heteroatoms. The van der Waals surface area contributed by atoms with Crippen LogP contribution in [0.15, 0.2) is 18.2 Å². The molecule has 1 atom stereocenters. The van der Waals surface area contributed by atoms with E-state index in [0.717, 1.165) is 17.7 Å². The van der Waals surface area contributed by atoms with Crippen LogP contribution in [0.3, 0.4) is 0 Å². The minimum atomic E-state index is 0.339. The standard InChI is InChI=1S/C12H15ClN2S/c1-12(2)6-9(12)15-8-5-3-4-7(13)10(8)11(14)16/h3-5,9,15H,6H2,1-2H3,(H2,14,16). The number of halogens is 1. The summed E-state index contributed by atoms with van der Waals surface area (Å²) in [6.07, 6.45) is 1.16. The molecule has 0 amide bonds. The molecule has 0 aromatic heterocycles. The van der Waals surface area contributed by atoms with Gasteiger partial charge in [-0.05, 0) is 24.0 Å². The number of hydrogen-bond acceptors (Lipinski definition) is 2. The topological polar surface area (TPSA) is 38.0 Å². The van der Waals surface area contributed by atoms with Crippen molar-refractivity contribution in [3.8, 4) is 0 Å². The summed E-state index contributed by atoms with van der Waals surface area (Å²) in [7, 11) is 0. The zero-order valence-corrected chi connectivity index (χ0v) is 11.0. The van der Waals surface area contributed by atoms with Gasteiger partial charge in [-0.1, -0.05) is 43.7 Å². The summed E-state index contributed by atoms with van der Waals surface area (Å²) in [6, 6.07) is 6.16. The van der Waals surface area contributed by atoms with Gasteiger partial charge in [0.25, 0.3) is 0 Å². The maximum absolute atomic E-state index is 6.09. The maximum atomic E-state index is 6.09. The van der Waals surface area contributed by atoms with Crippen LogP contribution in [0.25, 0.3) is 0 Å². The molecule has 0 heterocycles. The van der Waals surface area contributed by atoms with Gasteiger partial charge in [0.15, 0.2) is 0 Å². The third-order valence-corrected chi connectivity index (χ3v) is 3.62. The number of rotatable bonds is 3. The Morgan fingerprint density at radius 2 is 2.19 bits per heavy atom. The molecule has 0 bridgehead atoms. The van der Waals surface area contributed by atoms with E-state index in [1.807, 2.05) is 12.1 Å². The Hall–Kier alpha value is -0.800. The number of nitrogens with one attached hydrogen (secondary N) is 1. The average molecular weight is 255 g/mol. The highest BCUT2D eigenvalue weighted by atomic mass is 35.5. The smallest absolute Gasteiger partial charge is 0.107 e. The van der Waals surface area contributed by atoms with Gasteiger partial charge in [0.2, 0.25) is 0 Å². The molecule has 3 N–H and O–H groups in total. The minimum Gasteiger partial charge on any atom is -0.389 e. The van der Waals surface area contributed by atoms with Crippen LogP contribution in [0.2, 0.25) is 5.02 Å². The summed E-state index contributed by atoms with van der Waals surface area (Å²) in [6.45, 7) is 4.46. The lowest BCUT2D eigenvalue weighted by atomic mass is 10.1. The Balaban J connectivity index is 2.27. The van der Waals surface area contributed by atoms with Gasteiger partial charge < -0.3 is 11.1 Å². The normalized spacial score (nSPS) is 21.6. The molecule has 1 aliphatic carbocycles. The molecule has 2 nitrogen and oxygen atoms in total. The van der Waals surface area contributed by atoms with Crippen molar-refractivity contribution in [2.75, 3.05) is 5.32 Å². The Morgan fingerprint density at radius 1 is 1.56 bits per heavy atom. The Morgan fingerprint density at radius 3 is 2.69 bits per heavy atom. The van der Waals surface area contributed by atoms with Crippen molar-refractivity contribution in [3.05, 3.63) is 28.8 Å². The van der Waals surface area contributed by atoms with Crippen molar-refractivity contribution in [1.29, 1.82) is 0 Å². The fourth-order valence-electron chi connectivity index (χ4n) is 1.80. The molecule has 86 valence electrons. The van der Waals surface area contributed by atoms with Crippen LogP contribution in [0.5, 0.6) is 0 Å². The van der Waals surface area contributed by atoms with E-state index in [1.165, 1.54) is 0 Å². The SMILES string of the molecule is CC1(C)CC1Nc1cccc(Cl)c1C(N)=S. The van der Waals surface area contributed by atoms with Gasteiger partial charge in [0, 0.05) is 11.7 Å². The average Bonchev–Trinajstić information content (AvgIpc) is 2.72. The van der Waals surface area contributed by atoms with Crippen molar-refractivity contribution in [3.63, 3.8) is 0 Å². The second-order valence-corrected chi connectivity index (χ2v) is 5.76. The monoisotopic (exact) mass is 254 g/mol. The van der Waals surface area contributed by atoms with E-state index in [-0.39, 0.29) is 0 Å². The van der Waals surface area contributed by atoms with Crippen molar-refractivity contribution in [2.24, 2.45) is 11.1 Å². The van der Waals surface area contributed by atoms with Crippen molar-refractivity contribution < 1.29 is 0 Å². The molecule has 0 spiro atoms. The highest BCUT2D eigenvalue weighted by Crippen LogP contribution is 2.47. The molecule has 1 unspecified atom stereocenters. The van der Waals surface area contributed by atoms with Crippen LogP contribution in [0, 0.1) is 5.41 Å². The first-order valence-electron chi connectivity index (χ1n) is 5.26. The first-order valence-corrected chi connectivity index (χ1v) is 6.05. The molecule has 1 aromatic rings. The summed E-state index contributed by atoms with van der Waals surface area (Å²) in [5.74, 6) is 0. The second-order valence-electron chi connectivity index (χ2n) is 4.92. The lowest BCUT2D eigenvalue weighted by Crippen LogP contribution is -2.16. The van der Waals surface area contributed by atoms with Crippen LogP contribution >= 0.6 is 23.8 Å². The summed E-state index contributed by atoms with van der Waals surface area (Å²) < 4.78 is 0. The zero-order chi connectivity index (χ0) is 11.9. The lowest BCUT2D eigenvalue weighted by Gasteiger charge is -2.13. The van der Waals surface area contributed by atoms with E-state index in [9.17, 15) is 0 Å². The van der Waals surface area contributed by atoms with Gasteiger partial charge in [-0.15, -0.1) is 0 Å². The van der Waals surface area contributed by atoms with E-state index >= 15 is 0 Å². The Labute approximate surface area is 106 Å². The van der Waals surface area contributed by atoms with Crippen LogP contribution in [0.4, 0.5) is 5.69 Å². The fraction of sp³-hybridized carbons (Fsp3) is 0.417. The number of hydrogen-bond donors (Lipinski definition) is 2. The largest absolute Gasteiger partial charge is 0.389 e. The highest BCUT2D eigenvalue weighted by Gasteiger charge is 2.45. The molecule has 0 saturated heterocycles. The molecule has 1 aromatic carbocycles. The summed E-state index contributed by atoms with van der Waals surface area (Å²) >= 11 is 11.1. The van der Waals surface area contributed by atoms with Crippen LogP contribution < -0.4 is 11.1 Å². The van der Waals surface area contributed by atoms with Crippen LogP contribution in [0.1, 0.15) is 25.8 Å². The summed E-state index contributed by atoms with van der Waals surface area (Å²) in [5.41, 5.74) is 7.74. The lowest BCUT2D eigenvalue weighted by molar-refractivity contribution is 0.630. The Kier molecular flexibility index (Phi) is 2.84. The van der Waals surface area contributed by atoms with Gasteiger partial charge in [0.1, 0.15) is 4.99 Å². The molecule has 2 rings (SSSR count). The molecular weight excluding hydrogens is 240 g/mol. The highest BCUT2D eigenvalue weighted by molar-refractivity contribution is 7.80. The first-order chi connectivity index (χ1) is 7.42. The first kappa shape index (κ1) is 11.7. The summed E-state index contributed by atoms with van der Waals surface area (Å²) in [4.78, 5) is 0.339. The second kappa shape index (κ2) is 3.90. The molecule has 1 saturated carbocycles. The number of anilines is 1. The van der Waals surface area contributed by atoms with E-state index in [2.05, 4.69) is 19.2 Å². The zero-order valence-electron chi connectivity index (χ0n) is 9.38. The number of thiocarbonyl (C=S) groups is 1. The number of benzene rings is 1. The third-order valence-electron chi connectivity index (χ3n) is 3.10. The van der Waals surface area contributed by atoms with Crippen molar-refractivity contribution in [2.45, 2.75) is 26.3 Å². The van der Waals surface area contributed by atoms with Gasteiger partial charge in [0.05, 0.1) is 10.6 Å². The van der Waals surface area contributed by atoms with E-state index < -0.39 is 0 Å². The van der Waals surface area contributed by atoms with Gasteiger partial charge >= 0.3 is 0 Å². The predicted molar refractivity (Wildman–Crippen MR) is 73.1 cm³/mol. The van der Waals surface area contributed by atoms with E-state index in [4.69, 9.17) is 29.6 Å². The Bertz CT molecular complexity index is 443. The molecule has 1 fully saturated rings. The summed E-state index contributed by atoms with van der Waals surface area (Å²) in [5, 5.41) is 4.05. The van der Waals surface area contributed by atoms with Crippen LogP contribution in [-0.4, -0.2) is 11.0 Å². The molecule has 1 aliphatic rings.